The standard InChI is InChI=1S/C90H65N5S2/c1-11-32-66(33-12-1)68-54-56-84-85-57-55-69(67-34-13-2-14-35-67)59-87(85)95(86(84)58-68)90-88(96-82-62-78(91(70-36-15-3-16-37-70)71-38-17-4-18-39-71)60-79(63-82)92(72-40-19-5-20-41-72)73-42-21-6-22-43-73)52-31-53-89(90)97-83-64-80(93(74-44-23-7-24-45-74)75-46-25-8-26-47-75)61-81(65-83)94(76-48-27-9-28-49-76)77-50-29-10-30-51-77/h1-65H. The van der Waals surface area contributed by atoms with Gasteiger partial charge < -0.3 is 24.2 Å². The second-order valence-corrected chi connectivity index (χ2v) is 26.0. The lowest BCUT2D eigenvalue weighted by atomic mass is 10.0. The zero-order valence-corrected chi connectivity index (χ0v) is 54.7. The molecule has 0 N–H and O–H groups in total. The lowest BCUT2D eigenvalue weighted by Gasteiger charge is -2.30. The van der Waals surface area contributed by atoms with Gasteiger partial charge in [0.2, 0.25) is 0 Å². The maximum Gasteiger partial charge on any atom is 0.0741 e. The first-order valence-corrected chi connectivity index (χ1v) is 34.3. The lowest BCUT2D eigenvalue weighted by molar-refractivity contribution is 1.07. The van der Waals surface area contributed by atoms with Crippen molar-refractivity contribution < 1.29 is 0 Å². The van der Waals surface area contributed by atoms with Gasteiger partial charge >= 0.3 is 0 Å². The van der Waals surface area contributed by atoms with Gasteiger partial charge in [0.25, 0.3) is 0 Å². The number of nitrogens with zero attached hydrogens (tertiary/aromatic N) is 5. The Morgan fingerprint density at radius 2 is 0.423 bits per heavy atom. The van der Waals surface area contributed by atoms with E-state index in [2.05, 4.69) is 418 Å². The molecule has 97 heavy (non-hydrogen) atoms. The molecule has 1 heterocycles. The van der Waals surface area contributed by atoms with Gasteiger partial charge in [-0.05, 0) is 180 Å². The van der Waals surface area contributed by atoms with Gasteiger partial charge in [-0.1, -0.05) is 260 Å². The molecule has 462 valence electrons. The number of fused-ring (bicyclic) bond motifs is 3. The number of rotatable bonds is 19. The van der Waals surface area contributed by atoms with Crippen LogP contribution in [-0.4, -0.2) is 4.57 Å². The van der Waals surface area contributed by atoms with E-state index in [1.165, 1.54) is 10.8 Å². The van der Waals surface area contributed by atoms with Crippen molar-refractivity contribution in [1.82, 2.24) is 4.57 Å². The van der Waals surface area contributed by atoms with Crippen LogP contribution in [0.25, 0.3) is 49.7 Å². The van der Waals surface area contributed by atoms with Crippen molar-refractivity contribution >= 4 is 114 Å². The van der Waals surface area contributed by atoms with E-state index < -0.39 is 0 Å². The van der Waals surface area contributed by atoms with Crippen LogP contribution in [-0.2, 0) is 0 Å². The minimum Gasteiger partial charge on any atom is -0.310 e. The third-order valence-corrected chi connectivity index (χ3v) is 19.6. The van der Waals surface area contributed by atoms with Gasteiger partial charge in [0.15, 0.2) is 0 Å². The van der Waals surface area contributed by atoms with Crippen LogP contribution in [0.5, 0.6) is 0 Å². The average molecular weight is 1280 g/mol. The van der Waals surface area contributed by atoms with Gasteiger partial charge in [-0.3, -0.25) is 0 Å². The first-order chi connectivity index (χ1) is 48.1. The van der Waals surface area contributed by atoms with Crippen LogP contribution >= 0.6 is 23.5 Å². The molecule has 0 fully saturated rings. The van der Waals surface area contributed by atoms with Crippen molar-refractivity contribution in [3.05, 3.63) is 394 Å². The summed E-state index contributed by atoms with van der Waals surface area (Å²) in [5.74, 6) is 0. The van der Waals surface area contributed by atoms with Gasteiger partial charge in [-0.2, -0.15) is 0 Å². The summed E-state index contributed by atoms with van der Waals surface area (Å²) in [6.07, 6.45) is 0. The van der Waals surface area contributed by atoms with Crippen LogP contribution in [0.4, 0.5) is 68.2 Å². The summed E-state index contributed by atoms with van der Waals surface area (Å²) in [5, 5.41) is 2.34. The van der Waals surface area contributed by atoms with Crippen molar-refractivity contribution in [2.45, 2.75) is 19.6 Å². The van der Waals surface area contributed by atoms with Gasteiger partial charge in [0.1, 0.15) is 0 Å². The second-order valence-electron chi connectivity index (χ2n) is 23.7. The molecule has 16 aromatic rings. The minimum atomic E-state index is 1.02. The van der Waals surface area contributed by atoms with E-state index in [9.17, 15) is 0 Å². The first kappa shape index (κ1) is 60.0. The molecule has 0 unspecified atom stereocenters. The molecule has 0 amide bonds. The Hall–Kier alpha value is -12.0. The Kier molecular flexibility index (Phi) is 17.0. The minimum absolute atomic E-state index is 1.02. The fourth-order valence-electron chi connectivity index (χ4n) is 13.2. The average Bonchev–Trinajstić information content (AvgIpc) is 1.53. The fourth-order valence-corrected chi connectivity index (χ4v) is 15.4. The molecule has 16 rings (SSSR count). The monoisotopic (exact) mass is 1280 g/mol. The molecule has 0 bridgehead atoms. The number of anilines is 12. The molecule has 0 radical (unpaired) electrons. The molecule has 1 aromatic heterocycles. The zero-order chi connectivity index (χ0) is 64.7. The molecular formula is C90H65N5S2. The van der Waals surface area contributed by atoms with Gasteiger partial charge in [-0.15, -0.1) is 0 Å². The van der Waals surface area contributed by atoms with E-state index in [1.807, 2.05) is 0 Å². The fraction of sp³-hybridized carbons (Fsp3) is 0. The molecule has 0 aliphatic carbocycles. The highest BCUT2D eigenvalue weighted by Gasteiger charge is 2.26. The van der Waals surface area contributed by atoms with E-state index in [0.717, 1.165) is 127 Å². The van der Waals surface area contributed by atoms with Crippen molar-refractivity contribution in [1.29, 1.82) is 0 Å². The summed E-state index contributed by atoms with van der Waals surface area (Å²) in [6, 6.07) is 143. The van der Waals surface area contributed by atoms with Crippen LogP contribution in [0.1, 0.15) is 0 Å². The maximum atomic E-state index is 2.57. The van der Waals surface area contributed by atoms with Crippen LogP contribution < -0.4 is 19.6 Å². The maximum absolute atomic E-state index is 2.57. The molecular weight excluding hydrogens is 1220 g/mol. The van der Waals surface area contributed by atoms with Crippen molar-refractivity contribution in [3.8, 4) is 27.9 Å². The summed E-state index contributed by atoms with van der Waals surface area (Å²) in [4.78, 5) is 13.8. The topological polar surface area (TPSA) is 17.9 Å². The van der Waals surface area contributed by atoms with Crippen molar-refractivity contribution in [2.24, 2.45) is 0 Å². The molecule has 15 aromatic carbocycles. The SMILES string of the molecule is c1ccc(-c2ccc3c4ccc(-c5ccccc5)cc4n(-c4c(Sc5cc(N(c6ccccc6)c6ccccc6)cc(N(c6ccccc6)c6ccccc6)c5)cccc4Sc4cc(N(c5ccccc5)c5ccccc5)cc(N(c5ccccc5)c5ccccc5)c4)c3c2)cc1. The second kappa shape index (κ2) is 27.5. The summed E-state index contributed by atoms with van der Waals surface area (Å²) >= 11 is 3.60. The summed E-state index contributed by atoms with van der Waals surface area (Å²) < 4.78 is 2.57. The highest BCUT2D eigenvalue weighted by atomic mass is 32.2. The predicted octanol–water partition coefficient (Wildman–Crippen LogP) is 26.3. The highest BCUT2D eigenvalue weighted by Crippen LogP contribution is 2.51. The lowest BCUT2D eigenvalue weighted by Crippen LogP contribution is -2.13. The van der Waals surface area contributed by atoms with Crippen LogP contribution in [0.15, 0.2) is 414 Å². The Balaban J connectivity index is 0.976. The number of hydrogen-bond donors (Lipinski definition) is 0. The van der Waals surface area contributed by atoms with E-state index in [0.29, 0.717) is 0 Å². The van der Waals surface area contributed by atoms with Gasteiger partial charge in [0, 0.05) is 98.6 Å². The quantitative estimate of drug-likeness (QED) is 0.0797. The molecule has 0 spiro atoms. The van der Waals surface area contributed by atoms with Gasteiger partial charge in [0.05, 0.1) is 16.7 Å². The van der Waals surface area contributed by atoms with Crippen LogP contribution in [0, 0.1) is 0 Å². The summed E-state index contributed by atoms with van der Waals surface area (Å²) in [6.45, 7) is 0. The van der Waals surface area contributed by atoms with E-state index >= 15 is 0 Å². The third kappa shape index (κ3) is 12.6. The van der Waals surface area contributed by atoms with E-state index in [4.69, 9.17) is 0 Å². The highest BCUT2D eigenvalue weighted by molar-refractivity contribution is 8.00. The van der Waals surface area contributed by atoms with E-state index in [-0.39, 0.29) is 0 Å². The molecule has 7 heteroatoms. The van der Waals surface area contributed by atoms with Crippen LogP contribution in [0.2, 0.25) is 0 Å². The first-order valence-electron chi connectivity index (χ1n) is 32.7. The Morgan fingerprint density at radius 1 is 0.186 bits per heavy atom. The molecule has 0 saturated heterocycles. The molecule has 0 aliphatic rings. The number of para-hydroxylation sites is 9. The van der Waals surface area contributed by atoms with Crippen molar-refractivity contribution in [2.75, 3.05) is 19.6 Å². The largest absolute Gasteiger partial charge is 0.310 e. The summed E-state index contributed by atoms with van der Waals surface area (Å²) in [7, 11) is 0. The molecule has 0 saturated carbocycles. The molecule has 0 atom stereocenters. The van der Waals surface area contributed by atoms with Crippen LogP contribution in [0.3, 0.4) is 0 Å². The predicted molar refractivity (Wildman–Crippen MR) is 412 cm³/mol. The van der Waals surface area contributed by atoms with E-state index in [1.54, 1.807) is 23.5 Å². The number of benzene rings is 15. The molecule has 0 aliphatic heterocycles. The van der Waals surface area contributed by atoms with Crippen molar-refractivity contribution in [3.63, 3.8) is 0 Å². The number of aromatic nitrogens is 1. The Morgan fingerprint density at radius 3 is 0.670 bits per heavy atom. The smallest absolute Gasteiger partial charge is 0.0741 e. The number of hydrogen-bond acceptors (Lipinski definition) is 6. The Bertz CT molecular complexity index is 4630. The third-order valence-electron chi connectivity index (χ3n) is 17.5. The zero-order valence-electron chi connectivity index (χ0n) is 53.1. The molecule has 5 nitrogen and oxygen atoms in total. The summed E-state index contributed by atoms with van der Waals surface area (Å²) in [5.41, 5.74) is 20.4. The Labute approximate surface area is 575 Å². The van der Waals surface area contributed by atoms with Gasteiger partial charge in [-0.25, -0.2) is 0 Å². The normalized spacial score (nSPS) is 11.2.